The van der Waals surface area contributed by atoms with Gasteiger partial charge >= 0.3 is 5.97 Å². The summed E-state index contributed by atoms with van der Waals surface area (Å²) in [7, 11) is 0. The smallest absolute Gasteiger partial charge is 0.310 e. The van der Waals surface area contributed by atoms with Crippen molar-refractivity contribution in [1.82, 2.24) is 0 Å². The number of nitrogens with zero attached hydrogens (tertiary/aromatic N) is 1. The molecule has 1 fully saturated rings. The molecule has 214 valence electrons. The molecule has 3 aromatic carbocycles. The molecule has 1 saturated heterocycles. The highest BCUT2D eigenvalue weighted by molar-refractivity contribution is 7.10. The number of rotatable bonds is 9. The van der Waals surface area contributed by atoms with Gasteiger partial charge in [0, 0.05) is 16.1 Å². The molecule has 1 N–H and O–H groups in total. The van der Waals surface area contributed by atoms with Crippen LogP contribution >= 0.6 is 11.3 Å². The third kappa shape index (κ3) is 6.14. The first-order valence-corrected chi connectivity index (χ1v) is 14.5. The Morgan fingerprint density at radius 1 is 0.952 bits per heavy atom. The Kier molecular flexibility index (Phi) is 8.54. The number of hydrogen-bond donors (Lipinski definition) is 1. The summed E-state index contributed by atoms with van der Waals surface area (Å²) < 4.78 is 11.2. The monoisotopic (exact) mass is 581 g/mol. The second-order valence-corrected chi connectivity index (χ2v) is 11.3. The topological polar surface area (TPSA) is 93.1 Å². The molecule has 5 rings (SSSR count). The molecule has 1 aromatic heterocycles. The zero-order valence-electron chi connectivity index (χ0n) is 23.6. The van der Waals surface area contributed by atoms with Crippen molar-refractivity contribution in [2.24, 2.45) is 0 Å². The number of aliphatic hydroxyl groups excluding tert-OH is 1. The Labute approximate surface area is 248 Å². The summed E-state index contributed by atoms with van der Waals surface area (Å²) in [5, 5.41) is 13.3. The van der Waals surface area contributed by atoms with Crippen molar-refractivity contribution in [1.29, 1.82) is 0 Å². The van der Waals surface area contributed by atoms with Gasteiger partial charge < -0.3 is 14.6 Å². The number of carbonyl (C=O) groups is 3. The van der Waals surface area contributed by atoms with Gasteiger partial charge in [-0.1, -0.05) is 48.5 Å². The van der Waals surface area contributed by atoms with Crippen molar-refractivity contribution in [2.45, 2.75) is 45.9 Å². The second kappa shape index (κ2) is 12.4. The minimum absolute atomic E-state index is 0.0180. The van der Waals surface area contributed by atoms with Gasteiger partial charge in [0.15, 0.2) is 0 Å². The third-order valence-electron chi connectivity index (χ3n) is 6.87. The number of amides is 1. The fraction of sp³-hybridized carbons (Fsp3) is 0.206. The number of esters is 1. The lowest BCUT2D eigenvalue weighted by atomic mass is 9.98. The molecule has 2 heterocycles. The summed E-state index contributed by atoms with van der Waals surface area (Å²) in [6.07, 6.45) is -0.119. The standard InChI is InChI=1S/C34H31NO6S/c1-21(2)41-29(36)19-23-11-14-26(15-12-23)35-31(28-10-7-17-42-28)30(33(38)34(35)39)32(37)25-13-16-27(22(3)18-25)40-20-24-8-5-4-6-9-24/h4-18,21,31,37H,19-20H2,1-3H3/b32-30-. The maximum Gasteiger partial charge on any atom is 0.310 e. The van der Waals surface area contributed by atoms with E-state index in [0.717, 1.165) is 21.6 Å². The first-order valence-electron chi connectivity index (χ1n) is 13.6. The maximum absolute atomic E-state index is 13.4. The van der Waals surface area contributed by atoms with Crippen molar-refractivity contribution in [3.63, 3.8) is 0 Å². The molecular formula is C34H31NO6S. The van der Waals surface area contributed by atoms with E-state index in [1.54, 1.807) is 56.3 Å². The van der Waals surface area contributed by atoms with Crippen LogP contribution in [0.1, 0.15) is 47.0 Å². The zero-order valence-corrected chi connectivity index (χ0v) is 24.4. The molecule has 0 saturated carbocycles. The van der Waals surface area contributed by atoms with Crippen molar-refractivity contribution in [2.75, 3.05) is 4.90 Å². The van der Waals surface area contributed by atoms with Gasteiger partial charge in [-0.3, -0.25) is 19.3 Å². The van der Waals surface area contributed by atoms with Gasteiger partial charge in [-0.25, -0.2) is 0 Å². The number of aliphatic hydroxyl groups is 1. The lowest BCUT2D eigenvalue weighted by Gasteiger charge is -2.24. The highest BCUT2D eigenvalue weighted by Gasteiger charge is 2.47. The van der Waals surface area contributed by atoms with E-state index in [4.69, 9.17) is 9.47 Å². The van der Waals surface area contributed by atoms with Gasteiger partial charge in [-0.05, 0) is 79.2 Å². The number of benzene rings is 3. The van der Waals surface area contributed by atoms with Crippen LogP contribution in [0.5, 0.6) is 5.75 Å². The Hall–Kier alpha value is -4.69. The number of carbonyl (C=O) groups excluding carboxylic acids is 3. The SMILES string of the molecule is Cc1cc(/C(O)=C2/C(=O)C(=O)N(c3ccc(CC(=O)OC(C)C)cc3)C2c2cccs2)ccc1OCc1ccccc1. The van der Waals surface area contributed by atoms with Crippen LogP contribution in [0.25, 0.3) is 5.76 Å². The maximum atomic E-state index is 13.4. The van der Waals surface area contributed by atoms with E-state index in [0.29, 0.717) is 23.6 Å². The fourth-order valence-electron chi connectivity index (χ4n) is 4.91. The predicted molar refractivity (Wildman–Crippen MR) is 162 cm³/mol. The largest absolute Gasteiger partial charge is 0.507 e. The van der Waals surface area contributed by atoms with E-state index in [2.05, 4.69) is 0 Å². The van der Waals surface area contributed by atoms with E-state index in [-0.39, 0.29) is 29.8 Å². The number of ether oxygens (including phenoxy) is 2. The van der Waals surface area contributed by atoms with Gasteiger partial charge in [0.25, 0.3) is 11.7 Å². The molecule has 0 spiro atoms. The van der Waals surface area contributed by atoms with Crippen LogP contribution in [0.15, 0.2) is 95.9 Å². The Bertz CT molecular complexity index is 1620. The molecule has 8 heteroatoms. The average Bonchev–Trinajstić information content (AvgIpc) is 3.59. The molecule has 7 nitrogen and oxygen atoms in total. The predicted octanol–water partition coefficient (Wildman–Crippen LogP) is 6.76. The lowest BCUT2D eigenvalue weighted by Crippen LogP contribution is -2.29. The highest BCUT2D eigenvalue weighted by Crippen LogP contribution is 2.44. The van der Waals surface area contributed by atoms with E-state index in [1.165, 1.54) is 16.2 Å². The molecule has 0 bridgehead atoms. The van der Waals surface area contributed by atoms with Crippen molar-refractivity contribution >= 4 is 40.4 Å². The van der Waals surface area contributed by atoms with E-state index in [9.17, 15) is 19.5 Å². The Balaban J connectivity index is 1.45. The lowest BCUT2D eigenvalue weighted by molar-refractivity contribution is -0.146. The van der Waals surface area contributed by atoms with Gasteiger partial charge in [-0.15, -0.1) is 11.3 Å². The van der Waals surface area contributed by atoms with Crippen molar-refractivity contribution in [3.05, 3.63) is 123 Å². The molecular weight excluding hydrogens is 550 g/mol. The summed E-state index contributed by atoms with van der Waals surface area (Å²) >= 11 is 1.39. The number of ketones is 1. The van der Waals surface area contributed by atoms with Crippen LogP contribution in [-0.2, 0) is 32.1 Å². The molecule has 4 aromatic rings. The molecule has 1 atom stereocenters. The quantitative estimate of drug-likeness (QED) is 0.102. The summed E-state index contributed by atoms with van der Waals surface area (Å²) in [5.74, 6) is -1.44. The molecule has 1 unspecified atom stereocenters. The van der Waals surface area contributed by atoms with Crippen LogP contribution in [0.4, 0.5) is 5.69 Å². The normalized spacial score (nSPS) is 16.2. The van der Waals surface area contributed by atoms with Crippen LogP contribution in [0, 0.1) is 6.92 Å². The Morgan fingerprint density at radius 3 is 2.33 bits per heavy atom. The number of thiophene rings is 1. The van der Waals surface area contributed by atoms with E-state index < -0.39 is 17.7 Å². The minimum Gasteiger partial charge on any atom is -0.507 e. The van der Waals surface area contributed by atoms with Gasteiger partial charge in [-0.2, -0.15) is 0 Å². The van der Waals surface area contributed by atoms with Crippen LogP contribution in [0.2, 0.25) is 0 Å². The number of anilines is 1. The third-order valence-corrected chi connectivity index (χ3v) is 7.80. The van der Waals surface area contributed by atoms with Crippen molar-refractivity contribution in [3.8, 4) is 5.75 Å². The van der Waals surface area contributed by atoms with E-state index in [1.807, 2.05) is 54.8 Å². The molecule has 0 aliphatic carbocycles. The van der Waals surface area contributed by atoms with Gasteiger partial charge in [0.1, 0.15) is 24.2 Å². The van der Waals surface area contributed by atoms with Gasteiger partial charge in [0.05, 0.1) is 18.1 Å². The molecule has 0 radical (unpaired) electrons. The first kappa shape index (κ1) is 28.8. The summed E-state index contributed by atoms with van der Waals surface area (Å²) in [5.41, 5.74) is 3.45. The minimum atomic E-state index is -0.809. The fourth-order valence-corrected chi connectivity index (χ4v) is 5.73. The van der Waals surface area contributed by atoms with Gasteiger partial charge in [0.2, 0.25) is 0 Å². The van der Waals surface area contributed by atoms with E-state index >= 15 is 0 Å². The van der Waals surface area contributed by atoms with Crippen LogP contribution in [0.3, 0.4) is 0 Å². The first-order chi connectivity index (χ1) is 20.2. The second-order valence-electron chi connectivity index (χ2n) is 10.3. The Morgan fingerprint density at radius 2 is 1.69 bits per heavy atom. The molecule has 1 aliphatic rings. The number of hydrogen-bond acceptors (Lipinski definition) is 7. The summed E-state index contributed by atoms with van der Waals surface area (Å²) in [6, 6.07) is 24.7. The molecule has 1 aliphatic heterocycles. The summed E-state index contributed by atoms with van der Waals surface area (Å²) in [6.45, 7) is 5.84. The average molecular weight is 582 g/mol. The molecule has 1 amide bonds. The summed E-state index contributed by atoms with van der Waals surface area (Å²) in [4.78, 5) is 41.1. The number of aryl methyl sites for hydroxylation is 1. The molecule has 42 heavy (non-hydrogen) atoms. The van der Waals surface area contributed by atoms with Crippen molar-refractivity contribution < 1.29 is 29.0 Å². The highest BCUT2D eigenvalue weighted by atomic mass is 32.1. The number of Topliss-reactive ketones (excluding diaryl/α,β-unsaturated/α-hetero) is 1. The zero-order chi connectivity index (χ0) is 29.8. The van der Waals surface area contributed by atoms with Crippen LogP contribution in [-0.4, -0.2) is 28.9 Å². The van der Waals surface area contributed by atoms with Crippen LogP contribution < -0.4 is 9.64 Å².